The average molecular weight is 469 g/mol. The van der Waals surface area contributed by atoms with E-state index in [0.29, 0.717) is 16.7 Å². The summed E-state index contributed by atoms with van der Waals surface area (Å²) in [5.74, 6) is -0.498. The molecule has 2 aliphatic rings. The van der Waals surface area contributed by atoms with Crippen LogP contribution in [-0.4, -0.2) is 14.2 Å². The van der Waals surface area contributed by atoms with Crippen LogP contribution < -0.4 is 4.31 Å². The highest BCUT2D eigenvalue weighted by atomic mass is 32.2. The third kappa shape index (κ3) is 3.12. The van der Waals surface area contributed by atoms with Crippen LogP contribution in [-0.2, 0) is 33.0 Å². The molecule has 1 aliphatic carbocycles. The van der Waals surface area contributed by atoms with E-state index in [4.69, 9.17) is 0 Å². The van der Waals surface area contributed by atoms with Crippen LogP contribution in [0.1, 0.15) is 27.8 Å². The summed E-state index contributed by atoms with van der Waals surface area (Å²) in [4.78, 5) is 13.4. The number of ketones is 1. The highest BCUT2D eigenvalue weighted by Crippen LogP contribution is 2.52. The summed E-state index contributed by atoms with van der Waals surface area (Å²) in [6.07, 6.45) is -1.83. The van der Waals surface area contributed by atoms with Gasteiger partial charge in [0, 0.05) is 6.42 Å². The highest BCUT2D eigenvalue weighted by Gasteiger charge is 2.57. The lowest BCUT2D eigenvalue weighted by Gasteiger charge is -2.40. The minimum absolute atomic E-state index is 0.0637. The Labute approximate surface area is 189 Å². The van der Waals surface area contributed by atoms with Crippen LogP contribution >= 0.6 is 0 Å². The molecule has 0 amide bonds. The molecule has 3 aromatic carbocycles. The molecule has 0 fully saturated rings. The number of halogens is 3. The monoisotopic (exact) mass is 469 g/mol. The van der Waals surface area contributed by atoms with E-state index in [9.17, 15) is 26.4 Å². The topological polar surface area (TPSA) is 54.5 Å². The van der Waals surface area contributed by atoms with Gasteiger partial charge in [-0.15, -0.1) is 0 Å². The summed E-state index contributed by atoms with van der Waals surface area (Å²) in [6.45, 7) is 1.80. The van der Waals surface area contributed by atoms with Gasteiger partial charge in [0.15, 0.2) is 5.78 Å². The number of fused-ring (bicyclic) bond motifs is 3. The summed E-state index contributed by atoms with van der Waals surface area (Å²) in [5, 5.41) is 0. The van der Waals surface area contributed by atoms with E-state index in [-0.39, 0.29) is 17.0 Å². The molecule has 0 saturated heterocycles. The zero-order chi connectivity index (χ0) is 23.6. The van der Waals surface area contributed by atoms with Gasteiger partial charge < -0.3 is 0 Å². The van der Waals surface area contributed by atoms with Gasteiger partial charge >= 0.3 is 6.18 Å². The Morgan fingerprint density at radius 3 is 2.33 bits per heavy atom. The van der Waals surface area contributed by atoms with Crippen molar-refractivity contribution in [1.82, 2.24) is 0 Å². The van der Waals surface area contributed by atoms with Crippen molar-refractivity contribution in [3.63, 3.8) is 0 Å². The van der Waals surface area contributed by atoms with Gasteiger partial charge in [-0.05, 0) is 54.0 Å². The van der Waals surface area contributed by atoms with Crippen molar-refractivity contribution in [3.8, 4) is 0 Å². The first kappa shape index (κ1) is 21.5. The van der Waals surface area contributed by atoms with Crippen molar-refractivity contribution in [2.45, 2.75) is 30.0 Å². The van der Waals surface area contributed by atoms with Crippen LogP contribution in [0.2, 0.25) is 0 Å². The first-order valence-electron chi connectivity index (χ1n) is 10.2. The quantitative estimate of drug-likeness (QED) is 0.515. The Hall–Kier alpha value is -3.39. The molecule has 0 saturated carbocycles. The maximum Gasteiger partial charge on any atom is 0.416 e. The van der Waals surface area contributed by atoms with Crippen LogP contribution in [0.5, 0.6) is 0 Å². The average Bonchev–Trinajstić information content (AvgIpc) is 3.12. The van der Waals surface area contributed by atoms with Crippen LogP contribution in [0.15, 0.2) is 77.7 Å². The van der Waals surface area contributed by atoms with Gasteiger partial charge in [-0.3, -0.25) is 4.79 Å². The lowest BCUT2D eigenvalue weighted by molar-refractivity contribution is -0.137. The Balaban J connectivity index is 1.83. The van der Waals surface area contributed by atoms with Crippen LogP contribution in [0.3, 0.4) is 0 Å². The fourth-order valence-corrected chi connectivity index (χ4v) is 6.41. The SMILES string of the molecule is Cc1ccc(S(=O)(=O)N2c3cc(C(F)(F)F)ccc3CC23C(=O)C=Cc2ccccc23)cc1. The minimum Gasteiger partial charge on any atom is -0.292 e. The van der Waals surface area contributed by atoms with E-state index in [2.05, 4.69) is 0 Å². The molecule has 1 unspecified atom stereocenters. The number of aryl methyl sites for hydroxylation is 1. The van der Waals surface area contributed by atoms with Crippen molar-refractivity contribution in [1.29, 1.82) is 0 Å². The lowest BCUT2D eigenvalue weighted by Crippen LogP contribution is -2.53. The number of anilines is 1. The van der Waals surface area contributed by atoms with E-state index in [1.165, 1.54) is 24.3 Å². The molecule has 0 radical (unpaired) electrons. The fourth-order valence-electron chi connectivity index (χ4n) is 4.63. The molecule has 1 heterocycles. The molecular weight excluding hydrogens is 451 g/mol. The van der Waals surface area contributed by atoms with Crippen molar-refractivity contribution in [3.05, 3.63) is 101 Å². The highest BCUT2D eigenvalue weighted by molar-refractivity contribution is 7.93. The van der Waals surface area contributed by atoms with Gasteiger partial charge in [0.1, 0.15) is 5.54 Å². The van der Waals surface area contributed by atoms with E-state index in [1.807, 2.05) is 0 Å². The van der Waals surface area contributed by atoms with Gasteiger partial charge in [0.05, 0.1) is 16.1 Å². The summed E-state index contributed by atoms with van der Waals surface area (Å²) in [6, 6.07) is 15.9. The van der Waals surface area contributed by atoms with Crippen molar-refractivity contribution < 1.29 is 26.4 Å². The zero-order valence-corrected chi connectivity index (χ0v) is 18.2. The fraction of sp³-hybridized carbons (Fsp3) is 0.160. The standard InChI is InChI=1S/C25H18F3NO3S/c1-16-6-11-20(12-7-16)33(31,32)29-22-14-19(25(26,27)28)10-8-18(22)15-24(29)21-5-3-2-4-17(21)9-13-23(24)30/h2-14H,15H2,1H3. The predicted octanol–water partition coefficient (Wildman–Crippen LogP) is 5.26. The molecule has 1 aliphatic heterocycles. The molecule has 0 aromatic heterocycles. The molecule has 3 aromatic rings. The van der Waals surface area contributed by atoms with Crippen molar-refractivity contribution >= 4 is 27.6 Å². The number of hydrogen-bond acceptors (Lipinski definition) is 3. The smallest absolute Gasteiger partial charge is 0.292 e. The van der Waals surface area contributed by atoms with E-state index < -0.39 is 33.1 Å². The molecule has 1 atom stereocenters. The Morgan fingerprint density at radius 2 is 1.64 bits per heavy atom. The molecule has 8 heteroatoms. The molecule has 33 heavy (non-hydrogen) atoms. The van der Waals surface area contributed by atoms with E-state index in [0.717, 1.165) is 22.0 Å². The summed E-state index contributed by atoms with van der Waals surface area (Å²) < 4.78 is 69.5. The zero-order valence-electron chi connectivity index (χ0n) is 17.4. The molecule has 5 rings (SSSR count). The van der Waals surface area contributed by atoms with Gasteiger partial charge in [-0.25, -0.2) is 12.7 Å². The first-order valence-corrected chi connectivity index (χ1v) is 11.6. The van der Waals surface area contributed by atoms with Gasteiger partial charge in [0.25, 0.3) is 10.0 Å². The number of carbonyl (C=O) groups excluding carboxylic acids is 1. The Bertz CT molecular complexity index is 1430. The number of nitrogens with zero attached hydrogens (tertiary/aromatic N) is 1. The Morgan fingerprint density at radius 1 is 0.939 bits per heavy atom. The summed E-state index contributed by atoms with van der Waals surface area (Å²) >= 11 is 0. The minimum atomic E-state index is -4.67. The van der Waals surface area contributed by atoms with Crippen molar-refractivity contribution in [2.24, 2.45) is 0 Å². The van der Waals surface area contributed by atoms with E-state index in [1.54, 1.807) is 49.4 Å². The lowest BCUT2D eigenvalue weighted by atomic mass is 9.77. The van der Waals surface area contributed by atoms with Crippen molar-refractivity contribution in [2.75, 3.05) is 4.31 Å². The molecule has 168 valence electrons. The number of rotatable bonds is 2. The molecule has 4 nitrogen and oxygen atoms in total. The molecule has 1 spiro atoms. The molecule has 0 N–H and O–H groups in total. The molecule has 0 bridgehead atoms. The number of alkyl halides is 3. The van der Waals surface area contributed by atoms with E-state index >= 15 is 0 Å². The van der Waals surface area contributed by atoms with Gasteiger partial charge in [-0.1, -0.05) is 54.1 Å². The maximum absolute atomic E-state index is 14.0. The normalized spacial score (nSPS) is 19.6. The largest absolute Gasteiger partial charge is 0.416 e. The second-order valence-corrected chi connectivity index (χ2v) is 10.0. The predicted molar refractivity (Wildman–Crippen MR) is 118 cm³/mol. The first-order chi connectivity index (χ1) is 15.5. The van der Waals surface area contributed by atoms with Crippen LogP contribution in [0.4, 0.5) is 18.9 Å². The van der Waals surface area contributed by atoms with Gasteiger partial charge in [0.2, 0.25) is 0 Å². The summed E-state index contributed by atoms with van der Waals surface area (Å²) in [5.41, 5.74) is -0.549. The second-order valence-electron chi connectivity index (χ2n) is 8.25. The van der Waals surface area contributed by atoms with Crippen LogP contribution in [0.25, 0.3) is 6.08 Å². The van der Waals surface area contributed by atoms with Gasteiger partial charge in [-0.2, -0.15) is 13.2 Å². The third-order valence-electron chi connectivity index (χ3n) is 6.21. The molecular formula is C25H18F3NO3S. The van der Waals surface area contributed by atoms with Crippen LogP contribution in [0, 0.1) is 6.92 Å². The number of hydrogen-bond donors (Lipinski definition) is 0. The third-order valence-corrected chi connectivity index (χ3v) is 8.07. The maximum atomic E-state index is 14.0. The summed E-state index contributed by atoms with van der Waals surface area (Å²) in [7, 11) is -4.40. The number of sulfonamides is 1. The Kier molecular flexibility index (Phi) is 4.59. The second kappa shape index (κ2) is 7.05. The number of benzene rings is 3. The number of carbonyl (C=O) groups is 1.